The molecular weight excluding hydrogens is 250 g/mol. The summed E-state index contributed by atoms with van der Waals surface area (Å²) >= 11 is 0. The van der Waals surface area contributed by atoms with Gasteiger partial charge in [-0.1, -0.05) is 30.3 Å². The summed E-state index contributed by atoms with van der Waals surface area (Å²) in [4.78, 5) is 15.7. The third-order valence-electron chi connectivity index (χ3n) is 4.03. The summed E-state index contributed by atoms with van der Waals surface area (Å²) in [6, 6.07) is 10.3. The molecule has 2 fully saturated rings. The summed E-state index contributed by atoms with van der Waals surface area (Å²) in [6.07, 6.45) is 4.67. The third-order valence-corrected chi connectivity index (χ3v) is 4.03. The van der Waals surface area contributed by atoms with Crippen LogP contribution in [0.25, 0.3) is 0 Å². The Labute approximate surface area is 118 Å². The quantitative estimate of drug-likeness (QED) is 0.605. The van der Waals surface area contributed by atoms with E-state index in [-0.39, 0.29) is 5.91 Å². The summed E-state index contributed by atoms with van der Waals surface area (Å²) in [6.45, 7) is 2.95. The molecule has 0 bridgehead atoms. The van der Waals surface area contributed by atoms with Crippen molar-refractivity contribution in [2.75, 3.05) is 26.2 Å². The van der Waals surface area contributed by atoms with Crippen LogP contribution in [0.1, 0.15) is 17.9 Å². The van der Waals surface area contributed by atoms with Gasteiger partial charge in [0.15, 0.2) is 6.19 Å². The highest BCUT2D eigenvalue weighted by Crippen LogP contribution is 2.27. The molecule has 0 aromatic heterocycles. The molecule has 1 aromatic rings. The lowest BCUT2D eigenvalue weighted by molar-refractivity contribution is -0.130. The largest absolute Gasteiger partial charge is 0.338 e. The first-order valence-electron chi connectivity index (χ1n) is 6.94. The molecule has 0 spiro atoms. The topological polar surface area (TPSA) is 47.3 Å². The molecule has 4 heteroatoms. The van der Waals surface area contributed by atoms with E-state index in [1.165, 1.54) is 5.56 Å². The molecule has 3 rings (SSSR count). The Balaban J connectivity index is 1.54. The van der Waals surface area contributed by atoms with Gasteiger partial charge < -0.3 is 9.80 Å². The highest BCUT2D eigenvalue weighted by Gasteiger charge is 2.31. The second-order valence-corrected chi connectivity index (χ2v) is 5.42. The van der Waals surface area contributed by atoms with Crippen molar-refractivity contribution in [3.63, 3.8) is 0 Å². The highest BCUT2D eigenvalue weighted by atomic mass is 16.2. The molecule has 0 saturated carbocycles. The summed E-state index contributed by atoms with van der Waals surface area (Å²) in [7, 11) is 0. The van der Waals surface area contributed by atoms with E-state index in [4.69, 9.17) is 5.26 Å². The SMILES string of the molecule is N#CN1CCC(=CC(=O)N2CC(c3ccccc3)C2)C1. The van der Waals surface area contributed by atoms with Crippen LogP contribution in [-0.4, -0.2) is 41.9 Å². The molecule has 2 saturated heterocycles. The van der Waals surface area contributed by atoms with E-state index in [1.54, 1.807) is 11.0 Å². The number of amides is 1. The van der Waals surface area contributed by atoms with Crippen molar-refractivity contribution < 1.29 is 4.79 Å². The minimum atomic E-state index is 0.0898. The number of rotatable bonds is 2. The zero-order chi connectivity index (χ0) is 13.9. The Morgan fingerprint density at radius 1 is 1.30 bits per heavy atom. The van der Waals surface area contributed by atoms with E-state index in [0.29, 0.717) is 12.5 Å². The maximum absolute atomic E-state index is 12.1. The minimum absolute atomic E-state index is 0.0898. The fraction of sp³-hybridized carbons (Fsp3) is 0.375. The van der Waals surface area contributed by atoms with Crippen LogP contribution < -0.4 is 0 Å². The summed E-state index contributed by atoms with van der Waals surface area (Å²) in [5.41, 5.74) is 2.38. The van der Waals surface area contributed by atoms with Gasteiger partial charge in [-0.2, -0.15) is 5.26 Å². The predicted molar refractivity (Wildman–Crippen MR) is 75.6 cm³/mol. The molecule has 102 valence electrons. The van der Waals surface area contributed by atoms with Gasteiger partial charge >= 0.3 is 0 Å². The number of hydrogen-bond donors (Lipinski definition) is 0. The molecule has 0 aliphatic carbocycles. The molecule has 2 aliphatic rings. The van der Waals surface area contributed by atoms with E-state index in [1.807, 2.05) is 23.1 Å². The van der Waals surface area contributed by atoms with Crippen molar-refractivity contribution in [3.8, 4) is 6.19 Å². The second-order valence-electron chi connectivity index (χ2n) is 5.42. The first-order chi connectivity index (χ1) is 9.76. The standard InChI is InChI=1S/C16H17N3O/c17-12-18-7-6-13(9-18)8-16(20)19-10-15(11-19)14-4-2-1-3-5-14/h1-5,8,15H,6-7,9-11H2. The normalized spacial score (nSPS) is 20.9. The van der Waals surface area contributed by atoms with Gasteiger partial charge in [-0.3, -0.25) is 4.79 Å². The zero-order valence-corrected chi connectivity index (χ0v) is 11.3. The van der Waals surface area contributed by atoms with E-state index in [2.05, 4.69) is 18.3 Å². The molecule has 1 amide bonds. The van der Waals surface area contributed by atoms with Crippen molar-refractivity contribution >= 4 is 5.91 Å². The van der Waals surface area contributed by atoms with Gasteiger partial charge in [-0.15, -0.1) is 0 Å². The predicted octanol–water partition coefficient (Wildman–Crippen LogP) is 1.73. The Morgan fingerprint density at radius 3 is 2.70 bits per heavy atom. The molecule has 0 N–H and O–H groups in total. The maximum Gasteiger partial charge on any atom is 0.246 e. The van der Waals surface area contributed by atoms with Gasteiger partial charge in [0, 0.05) is 38.2 Å². The van der Waals surface area contributed by atoms with Crippen LogP contribution in [0.15, 0.2) is 42.0 Å². The Hall–Kier alpha value is -2.28. The Bertz CT molecular complexity index is 567. The summed E-state index contributed by atoms with van der Waals surface area (Å²) in [5.74, 6) is 0.560. The number of hydrogen-bond acceptors (Lipinski definition) is 3. The number of benzene rings is 1. The van der Waals surface area contributed by atoms with Gasteiger partial charge in [0.1, 0.15) is 0 Å². The number of nitrogens with zero attached hydrogens (tertiary/aromatic N) is 3. The fourth-order valence-electron chi connectivity index (χ4n) is 2.75. The second kappa shape index (κ2) is 5.38. The first-order valence-corrected chi connectivity index (χ1v) is 6.94. The lowest BCUT2D eigenvalue weighted by atomic mass is 9.91. The van der Waals surface area contributed by atoms with Gasteiger partial charge in [0.25, 0.3) is 0 Å². The van der Waals surface area contributed by atoms with Crippen molar-refractivity contribution in [2.24, 2.45) is 0 Å². The lowest BCUT2D eigenvalue weighted by Gasteiger charge is -2.39. The van der Waals surface area contributed by atoms with E-state index >= 15 is 0 Å². The molecule has 0 atom stereocenters. The number of carbonyl (C=O) groups is 1. The monoisotopic (exact) mass is 267 g/mol. The molecule has 20 heavy (non-hydrogen) atoms. The number of carbonyl (C=O) groups excluding carboxylic acids is 1. The molecule has 2 aliphatic heterocycles. The number of likely N-dealkylation sites (tertiary alicyclic amines) is 2. The van der Waals surface area contributed by atoms with Crippen LogP contribution in [0.4, 0.5) is 0 Å². The van der Waals surface area contributed by atoms with Crippen molar-refractivity contribution in [1.82, 2.24) is 9.80 Å². The smallest absolute Gasteiger partial charge is 0.246 e. The van der Waals surface area contributed by atoms with E-state index in [0.717, 1.165) is 31.6 Å². The van der Waals surface area contributed by atoms with Crippen LogP contribution in [0, 0.1) is 11.5 Å². The summed E-state index contributed by atoms with van der Waals surface area (Å²) < 4.78 is 0. The maximum atomic E-state index is 12.1. The minimum Gasteiger partial charge on any atom is -0.338 e. The van der Waals surface area contributed by atoms with Gasteiger partial charge in [-0.05, 0) is 17.6 Å². The van der Waals surface area contributed by atoms with Crippen molar-refractivity contribution in [2.45, 2.75) is 12.3 Å². The first kappa shape index (κ1) is 12.7. The van der Waals surface area contributed by atoms with Crippen LogP contribution in [-0.2, 0) is 4.79 Å². The van der Waals surface area contributed by atoms with Crippen LogP contribution in [0.3, 0.4) is 0 Å². The lowest BCUT2D eigenvalue weighted by Crippen LogP contribution is -2.47. The summed E-state index contributed by atoms with van der Waals surface area (Å²) in [5, 5.41) is 8.80. The van der Waals surface area contributed by atoms with E-state index in [9.17, 15) is 4.79 Å². The molecule has 2 heterocycles. The molecule has 0 unspecified atom stereocenters. The average molecular weight is 267 g/mol. The molecule has 0 radical (unpaired) electrons. The van der Waals surface area contributed by atoms with Gasteiger partial charge in [-0.25, -0.2) is 0 Å². The van der Waals surface area contributed by atoms with E-state index < -0.39 is 0 Å². The highest BCUT2D eigenvalue weighted by molar-refractivity contribution is 5.89. The van der Waals surface area contributed by atoms with Crippen LogP contribution in [0.5, 0.6) is 0 Å². The molecule has 4 nitrogen and oxygen atoms in total. The van der Waals surface area contributed by atoms with Crippen LogP contribution in [0.2, 0.25) is 0 Å². The zero-order valence-electron chi connectivity index (χ0n) is 11.3. The van der Waals surface area contributed by atoms with Crippen molar-refractivity contribution in [3.05, 3.63) is 47.5 Å². The molecular formula is C16H17N3O. The number of nitriles is 1. The van der Waals surface area contributed by atoms with Gasteiger partial charge in [0.2, 0.25) is 5.91 Å². The molecule has 1 aromatic carbocycles. The Kier molecular flexibility index (Phi) is 3.42. The van der Waals surface area contributed by atoms with Gasteiger partial charge in [0.05, 0.1) is 0 Å². The van der Waals surface area contributed by atoms with Crippen molar-refractivity contribution in [1.29, 1.82) is 5.26 Å². The third kappa shape index (κ3) is 2.53. The Morgan fingerprint density at radius 2 is 2.05 bits per heavy atom. The fourth-order valence-corrected chi connectivity index (χ4v) is 2.75. The average Bonchev–Trinajstić information content (AvgIpc) is 2.86. The van der Waals surface area contributed by atoms with Crippen LogP contribution >= 0.6 is 0 Å².